The summed E-state index contributed by atoms with van der Waals surface area (Å²) in [7, 11) is 0. The topological polar surface area (TPSA) is 48.4 Å². The third-order valence-corrected chi connectivity index (χ3v) is 1.28. The van der Waals surface area contributed by atoms with Crippen molar-refractivity contribution in [2.24, 2.45) is 0 Å². The summed E-state index contributed by atoms with van der Waals surface area (Å²) in [6.07, 6.45) is 1.60. The van der Waals surface area contributed by atoms with Gasteiger partial charge in [-0.3, -0.25) is 0 Å². The summed E-state index contributed by atoms with van der Waals surface area (Å²) in [6, 6.07) is 5.24. The number of aromatic nitrogens is 1. The van der Waals surface area contributed by atoms with Crippen LogP contribution >= 0.6 is 0 Å². The molecule has 1 aromatic rings. The van der Waals surface area contributed by atoms with Gasteiger partial charge in [-0.25, -0.2) is 9.78 Å². The average Bonchev–Trinajstić information content (AvgIpc) is 2.17. The quantitative estimate of drug-likeness (QED) is 0.651. The molecular formula is C9H11NO3. The number of ether oxygens (including phenoxy) is 2. The van der Waals surface area contributed by atoms with Gasteiger partial charge in [0.15, 0.2) is 6.61 Å². The van der Waals surface area contributed by atoms with Crippen molar-refractivity contribution in [2.45, 2.75) is 6.92 Å². The molecule has 0 N–H and O–H groups in total. The summed E-state index contributed by atoms with van der Waals surface area (Å²) >= 11 is 0. The first-order valence-electron chi connectivity index (χ1n) is 4.02. The van der Waals surface area contributed by atoms with Crippen molar-refractivity contribution < 1.29 is 14.3 Å². The van der Waals surface area contributed by atoms with Gasteiger partial charge >= 0.3 is 5.97 Å². The van der Waals surface area contributed by atoms with E-state index in [4.69, 9.17) is 4.74 Å². The molecule has 0 saturated heterocycles. The Labute approximate surface area is 76.5 Å². The first-order chi connectivity index (χ1) is 6.33. The minimum Gasteiger partial charge on any atom is -0.466 e. The Morgan fingerprint density at radius 3 is 3.00 bits per heavy atom. The van der Waals surface area contributed by atoms with Gasteiger partial charge in [-0.15, -0.1) is 0 Å². The number of rotatable bonds is 4. The Morgan fingerprint density at radius 1 is 1.54 bits per heavy atom. The fraction of sp³-hybridized carbons (Fsp3) is 0.333. The van der Waals surface area contributed by atoms with Crippen LogP contribution in [0.5, 0.6) is 5.88 Å². The third kappa shape index (κ3) is 3.55. The van der Waals surface area contributed by atoms with E-state index in [2.05, 4.69) is 9.72 Å². The molecule has 0 atom stereocenters. The van der Waals surface area contributed by atoms with E-state index < -0.39 is 0 Å². The number of carbonyl (C=O) groups excluding carboxylic acids is 1. The smallest absolute Gasteiger partial charge is 0.344 e. The summed E-state index contributed by atoms with van der Waals surface area (Å²) < 4.78 is 9.71. The van der Waals surface area contributed by atoms with Crippen molar-refractivity contribution >= 4 is 5.97 Å². The van der Waals surface area contributed by atoms with Gasteiger partial charge in [0, 0.05) is 12.3 Å². The van der Waals surface area contributed by atoms with E-state index >= 15 is 0 Å². The van der Waals surface area contributed by atoms with Gasteiger partial charge in [0.25, 0.3) is 0 Å². The fourth-order valence-corrected chi connectivity index (χ4v) is 0.768. The number of esters is 1. The van der Waals surface area contributed by atoms with Crippen LogP contribution in [0.1, 0.15) is 6.92 Å². The van der Waals surface area contributed by atoms with E-state index in [1.54, 1.807) is 31.3 Å². The maximum atomic E-state index is 10.8. The lowest BCUT2D eigenvalue weighted by molar-refractivity contribution is -0.145. The number of pyridine rings is 1. The molecule has 1 rings (SSSR count). The zero-order valence-electron chi connectivity index (χ0n) is 7.40. The molecule has 0 aromatic carbocycles. The van der Waals surface area contributed by atoms with Crippen molar-refractivity contribution in [1.82, 2.24) is 4.98 Å². The second-order valence-corrected chi connectivity index (χ2v) is 2.26. The summed E-state index contributed by atoms with van der Waals surface area (Å²) in [5.74, 6) is 0.0451. The Kier molecular flexibility index (Phi) is 3.75. The van der Waals surface area contributed by atoms with Crippen LogP contribution < -0.4 is 4.74 Å². The van der Waals surface area contributed by atoms with Crippen molar-refractivity contribution in [3.8, 4) is 5.88 Å². The minimum atomic E-state index is -0.381. The van der Waals surface area contributed by atoms with Crippen LogP contribution in [0.15, 0.2) is 24.4 Å². The lowest BCUT2D eigenvalue weighted by Crippen LogP contribution is -2.14. The highest BCUT2D eigenvalue weighted by molar-refractivity contribution is 5.70. The molecule has 4 nitrogen and oxygen atoms in total. The van der Waals surface area contributed by atoms with Crippen LogP contribution in [0.25, 0.3) is 0 Å². The van der Waals surface area contributed by atoms with Crippen LogP contribution in [-0.4, -0.2) is 24.2 Å². The van der Waals surface area contributed by atoms with Crippen molar-refractivity contribution in [2.75, 3.05) is 13.2 Å². The molecular weight excluding hydrogens is 170 g/mol. The van der Waals surface area contributed by atoms with Gasteiger partial charge < -0.3 is 9.47 Å². The minimum absolute atomic E-state index is 0.0924. The first-order valence-corrected chi connectivity index (χ1v) is 4.02. The van der Waals surface area contributed by atoms with Crippen LogP contribution in [-0.2, 0) is 9.53 Å². The second kappa shape index (κ2) is 5.13. The molecule has 0 aliphatic rings. The molecule has 1 aromatic heterocycles. The summed E-state index contributed by atoms with van der Waals surface area (Å²) in [5.41, 5.74) is 0. The summed E-state index contributed by atoms with van der Waals surface area (Å²) in [5, 5.41) is 0. The van der Waals surface area contributed by atoms with Gasteiger partial charge in [-0.1, -0.05) is 6.07 Å². The highest BCUT2D eigenvalue weighted by Crippen LogP contribution is 2.02. The van der Waals surface area contributed by atoms with Crippen molar-refractivity contribution in [1.29, 1.82) is 0 Å². The van der Waals surface area contributed by atoms with Gasteiger partial charge in [0.2, 0.25) is 5.88 Å². The zero-order valence-corrected chi connectivity index (χ0v) is 7.40. The van der Waals surface area contributed by atoms with Gasteiger partial charge in [-0.2, -0.15) is 0 Å². The lowest BCUT2D eigenvalue weighted by atomic mass is 10.5. The Morgan fingerprint density at radius 2 is 2.38 bits per heavy atom. The number of hydrogen-bond acceptors (Lipinski definition) is 4. The largest absolute Gasteiger partial charge is 0.466 e. The SMILES string of the molecule is CCOC(=O)COc1ccccn1. The molecule has 0 aliphatic heterocycles. The van der Waals surface area contributed by atoms with Crippen LogP contribution in [0.2, 0.25) is 0 Å². The Hall–Kier alpha value is -1.58. The molecule has 70 valence electrons. The highest BCUT2D eigenvalue weighted by Gasteiger charge is 2.02. The molecule has 0 bridgehead atoms. The second-order valence-electron chi connectivity index (χ2n) is 2.26. The van der Waals surface area contributed by atoms with Gasteiger partial charge in [0.05, 0.1) is 6.61 Å². The predicted molar refractivity (Wildman–Crippen MR) is 46.4 cm³/mol. The maximum absolute atomic E-state index is 10.8. The van der Waals surface area contributed by atoms with Gasteiger partial charge in [0.1, 0.15) is 0 Å². The number of hydrogen-bond donors (Lipinski definition) is 0. The van der Waals surface area contributed by atoms with E-state index in [0.29, 0.717) is 12.5 Å². The molecule has 0 amide bonds. The average molecular weight is 181 g/mol. The molecule has 0 aliphatic carbocycles. The normalized spacial score (nSPS) is 9.31. The van der Waals surface area contributed by atoms with Crippen LogP contribution in [0.3, 0.4) is 0 Å². The van der Waals surface area contributed by atoms with E-state index in [0.717, 1.165) is 0 Å². The van der Waals surface area contributed by atoms with Crippen LogP contribution in [0.4, 0.5) is 0 Å². The number of nitrogens with zero attached hydrogens (tertiary/aromatic N) is 1. The van der Waals surface area contributed by atoms with Crippen molar-refractivity contribution in [3.63, 3.8) is 0 Å². The molecule has 0 spiro atoms. The summed E-state index contributed by atoms with van der Waals surface area (Å²) in [6.45, 7) is 2.02. The fourth-order valence-electron chi connectivity index (χ4n) is 0.768. The molecule has 4 heteroatoms. The monoisotopic (exact) mass is 181 g/mol. The molecule has 13 heavy (non-hydrogen) atoms. The van der Waals surface area contributed by atoms with E-state index in [-0.39, 0.29) is 12.6 Å². The molecule has 0 unspecified atom stereocenters. The standard InChI is InChI=1S/C9H11NO3/c1-2-12-9(11)7-13-8-5-3-4-6-10-8/h3-6H,2,7H2,1H3. The predicted octanol–water partition coefficient (Wildman–Crippen LogP) is 1.02. The van der Waals surface area contributed by atoms with E-state index in [1.807, 2.05) is 0 Å². The first kappa shape index (κ1) is 9.51. The Bertz CT molecular complexity index is 261. The van der Waals surface area contributed by atoms with Crippen LogP contribution in [0, 0.1) is 0 Å². The Balaban J connectivity index is 2.31. The molecule has 0 saturated carbocycles. The van der Waals surface area contributed by atoms with Gasteiger partial charge in [-0.05, 0) is 13.0 Å². The van der Waals surface area contributed by atoms with E-state index in [1.165, 1.54) is 0 Å². The number of carbonyl (C=O) groups is 1. The molecule has 0 fully saturated rings. The molecule has 1 heterocycles. The highest BCUT2D eigenvalue weighted by atomic mass is 16.6. The molecule has 0 radical (unpaired) electrons. The van der Waals surface area contributed by atoms with Crippen molar-refractivity contribution in [3.05, 3.63) is 24.4 Å². The third-order valence-electron chi connectivity index (χ3n) is 1.28. The van der Waals surface area contributed by atoms with E-state index in [9.17, 15) is 4.79 Å². The maximum Gasteiger partial charge on any atom is 0.344 e. The summed E-state index contributed by atoms with van der Waals surface area (Å²) in [4.78, 5) is 14.7. The zero-order chi connectivity index (χ0) is 9.52. The lowest BCUT2D eigenvalue weighted by Gasteiger charge is -2.03.